The zero-order valence-corrected chi connectivity index (χ0v) is 11.9. The molecule has 0 amide bonds. The summed E-state index contributed by atoms with van der Waals surface area (Å²) in [6, 6.07) is 2.57. The summed E-state index contributed by atoms with van der Waals surface area (Å²) in [5.74, 6) is -1.07. The fourth-order valence-corrected chi connectivity index (χ4v) is 3.10. The standard InChI is InChI=1S/C14H15ClF2N2O/c1-14(5-2-6-20-8-14)19-11(7-15)18-10-4-3-9(16)12(17)13(10)19/h3-4H,2,5-8H2,1H3. The van der Waals surface area contributed by atoms with Gasteiger partial charge in [-0.3, -0.25) is 0 Å². The second kappa shape index (κ2) is 4.97. The van der Waals surface area contributed by atoms with E-state index in [2.05, 4.69) is 4.98 Å². The van der Waals surface area contributed by atoms with Gasteiger partial charge in [0.2, 0.25) is 0 Å². The number of hydrogen-bond donors (Lipinski definition) is 0. The zero-order chi connectivity index (χ0) is 14.3. The number of hydrogen-bond acceptors (Lipinski definition) is 2. The van der Waals surface area contributed by atoms with Gasteiger partial charge in [-0.25, -0.2) is 13.8 Å². The van der Waals surface area contributed by atoms with Crippen molar-refractivity contribution in [3.05, 3.63) is 29.6 Å². The average molecular weight is 301 g/mol. The van der Waals surface area contributed by atoms with Crippen molar-refractivity contribution in [3.8, 4) is 0 Å². The van der Waals surface area contributed by atoms with Crippen LogP contribution in [0.25, 0.3) is 11.0 Å². The molecule has 0 aliphatic carbocycles. The van der Waals surface area contributed by atoms with Gasteiger partial charge in [0.1, 0.15) is 11.3 Å². The highest BCUT2D eigenvalue weighted by Crippen LogP contribution is 2.34. The van der Waals surface area contributed by atoms with E-state index in [9.17, 15) is 8.78 Å². The van der Waals surface area contributed by atoms with Crippen molar-refractivity contribution < 1.29 is 13.5 Å². The molecule has 20 heavy (non-hydrogen) atoms. The van der Waals surface area contributed by atoms with Crippen molar-refractivity contribution in [2.45, 2.75) is 31.2 Å². The molecule has 1 saturated heterocycles. The quantitative estimate of drug-likeness (QED) is 0.793. The van der Waals surface area contributed by atoms with Crippen molar-refractivity contribution in [3.63, 3.8) is 0 Å². The molecule has 0 saturated carbocycles. The predicted molar refractivity (Wildman–Crippen MR) is 72.9 cm³/mol. The third-order valence-corrected chi connectivity index (χ3v) is 4.09. The number of halogens is 3. The molecule has 0 bridgehead atoms. The molecule has 1 aliphatic rings. The normalized spacial score (nSPS) is 23.4. The lowest BCUT2D eigenvalue weighted by atomic mass is 9.94. The van der Waals surface area contributed by atoms with Crippen molar-refractivity contribution in [1.29, 1.82) is 0 Å². The minimum atomic E-state index is -0.877. The second-order valence-corrected chi connectivity index (χ2v) is 5.65. The average Bonchev–Trinajstić information content (AvgIpc) is 2.84. The molecule has 3 nitrogen and oxygen atoms in total. The molecule has 3 rings (SSSR count). The lowest BCUT2D eigenvalue weighted by Gasteiger charge is -2.36. The van der Waals surface area contributed by atoms with Gasteiger partial charge in [-0.1, -0.05) is 0 Å². The number of fused-ring (bicyclic) bond motifs is 1. The molecule has 2 heterocycles. The molecule has 108 valence electrons. The van der Waals surface area contributed by atoms with Crippen molar-refractivity contribution >= 4 is 22.6 Å². The molecule has 1 aliphatic heterocycles. The Morgan fingerprint density at radius 2 is 2.25 bits per heavy atom. The first-order valence-electron chi connectivity index (χ1n) is 6.56. The van der Waals surface area contributed by atoms with Crippen molar-refractivity contribution in [2.75, 3.05) is 13.2 Å². The number of rotatable bonds is 2. The summed E-state index contributed by atoms with van der Waals surface area (Å²) < 4.78 is 35.0. The third-order valence-electron chi connectivity index (χ3n) is 3.86. The first-order valence-corrected chi connectivity index (χ1v) is 7.10. The maximum Gasteiger partial charge on any atom is 0.184 e. The van der Waals surface area contributed by atoms with Crippen LogP contribution in [0.15, 0.2) is 12.1 Å². The molecule has 1 unspecified atom stereocenters. The number of imidazole rings is 1. The van der Waals surface area contributed by atoms with Crippen LogP contribution < -0.4 is 0 Å². The predicted octanol–water partition coefficient (Wildman–Crippen LogP) is 3.58. The Labute approximate surface area is 120 Å². The molecule has 2 aromatic rings. The highest BCUT2D eigenvalue weighted by atomic mass is 35.5. The summed E-state index contributed by atoms with van der Waals surface area (Å²) in [7, 11) is 0. The summed E-state index contributed by atoms with van der Waals surface area (Å²) in [4.78, 5) is 4.32. The molecule has 0 radical (unpaired) electrons. The molecule has 1 fully saturated rings. The van der Waals surface area contributed by atoms with Gasteiger partial charge in [-0.2, -0.15) is 0 Å². The van der Waals surface area contributed by atoms with Crippen LogP contribution >= 0.6 is 11.6 Å². The molecule has 0 spiro atoms. The van der Waals surface area contributed by atoms with Crippen LogP contribution in [0.2, 0.25) is 0 Å². The van der Waals surface area contributed by atoms with E-state index < -0.39 is 17.2 Å². The first-order chi connectivity index (χ1) is 9.57. The maximum atomic E-state index is 14.2. The van der Waals surface area contributed by atoms with Crippen molar-refractivity contribution in [2.24, 2.45) is 0 Å². The Balaban J connectivity index is 2.29. The van der Waals surface area contributed by atoms with Gasteiger partial charge in [0.25, 0.3) is 0 Å². The molecule has 1 aromatic carbocycles. The zero-order valence-electron chi connectivity index (χ0n) is 11.1. The third kappa shape index (κ3) is 2.00. The van der Waals surface area contributed by atoms with Gasteiger partial charge >= 0.3 is 0 Å². The van der Waals surface area contributed by atoms with E-state index in [-0.39, 0.29) is 11.4 Å². The van der Waals surface area contributed by atoms with Gasteiger partial charge in [0.15, 0.2) is 11.6 Å². The van der Waals surface area contributed by atoms with Gasteiger partial charge in [-0.05, 0) is 31.9 Å². The topological polar surface area (TPSA) is 27.1 Å². The largest absolute Gasteiger partial charge is 0.379 e. The van der Waals surface area contributed by atoms with Crippen LogP contribution in [-0.2, 0) is 16.2 Å². The fraction of sp³-hybridized carbons (Fsp3) is 0.500. The van der Waals surface area contributed by atoms with Crippen LogP contribution in [0.4, 0.5) is 8.78 Å². The minimum absolute atomic E-state index is 0.144. The highest BCUT2D eigenvalue weighted by Gasteiger charge is 2.34. The number of aromatic nitrogens is 2. The van der Waals surface area contributed by atoms with Gasteiger partial charge < -0.3 is 9.30 Å². The number of nitrogens with zero attached hydrogens (tertiary/aromatic N) is 2. The Bertz CT molecular complexity index is 650. The summed E-state index contributed by atoms with van der Waals surface area (Å²) in [6.45, 7) is 3.10. The summed E-state index contributed by atoms with van der Waals surface area (Å²) in [6.07, 6.45) is 1.69. The van der Waals surface area contributed by atoms with Crippen LogP contribution in [0.5, 0.6) is 0 Å². The molecule has 1 aromatic heterocycles. The Hall–Kier alpha value is -1.20. The van der Waals surface area contributed by atoms with E-state index >= 15 is 0 Å². The maximum absolute atomic E-state index is 14.2. The van der Waals surface area contributed by atoms with E-state index in [4.69, 9.17) is 16.3 Å². The molecular weight excluding hydrogens is 286 g/mol. The minimum Gasteiger partial charge on any atom is -0.379 e. The van der Waals surface area contributed by atoms with E-state index in [1.165, 1.54) is 6.07 Å². The summed E-state index contributed by atoms with van der Waals surface area (Å²) >= 11 is 5.94. The van der Waals surface area contributed by atoms with E-state index in [0.717, 1.165) is 18.9 Å². The second-order valence-electron chi connectivity index (χ2n) is 5.38. The first kappa shape index (κ1) is 13.8. The van der Waals surface area contributed by atoms with Crippen LogP contribution in [0.3, 0.4) is 0 Å². The molecule has 1 atom stereocenters. The number of ether oxygens (including phenoxy) is 1. The molecule has 0 N–H and O–H groups in total. The number of alkyl halides is 1. The van der Waals surface area contributed by atoms with Crippen molar-refractivity contribution in [1.82, 2.24) is 9.55 Å². The Morgan fingerprint density at radius 1 is 1.45 bits per heavy atom. The van der Waals surface area contributed by atoms with Crippen LogP contribution in [0.1, 0.15) is 25.6 Å². The van der Waals surface area contributed by atoms with Crippen LogP contribution in [-0.4, -0.2) is 22.8 Å². The number of benzene rings is 1. The smallest absolute Gasteiger partial charge is 0.184 e. The summed E-state index contributed by atoms with van der Waals surface area (Å²) in [5.41, 5.74) is 0.145. The highest BCUT2D eigenvalue weighted by molar-refractivity contribution is 6.16. The SMILES string of the molecule is CC1(n2c(CCl)nc3ccc(F)c(F)c32)CCCOC1. The van der Waals surface area contributed by atoms with Gasteiger partial charge in [0.05, 0.1) is 23.5 Å². The van der Waals surface area contributed by atoms with Gasteiger partial charge in [0, 0.05) is 6.61 Å². The lowest BCUT2D eigenvalue weighted by Crippen LogP contribution is -2.40. The molecular formula is C14H15ClF2N2O. The molecule has 6 heteroatoms. The Kier molecular flexibility index (Phi) is 3.42. The lowest BCUT2D eigenvalue weighted by molar-refractivity contribution is 0.0102. The fourth-order valence-electron chi connectivity index (χ4n) is 2.92. The van der Waals surface area contributed by atoms with E-state index in [1.54, 1.807) is 4.57 Å². The van der Waals surface area contributed by atoms with E-state index in [0.29, 0.717) is 24.6 Å². The van der Waals surface area contributed by atoms with Crippen LogP contribution in [0, 0.1) is 11.6 Å². The van der Waals surface area contributed by atoms with Gasteiger partial charge in [-0.15, -0.1) is 11.6 Å². The van der Waals surface area contributed by atoms with E-state index in [1.807, 2.05) is 6.92 Å². The monoisotopic (exact) mass is 300 g/mol. The summed E-state index contributed by atoms with van der Waals surface area (Å²) in [5, 5.41) is 0. The Morgan fingerprint density at radius 3 is 2.90 bits per heavy atom.